The molecule has 1 aliphatic rings. The highest BCUT2D eigenvalue weighted by molar-refractivity contribution is 6.20. The predicted octanol–water partition coefficient (Wildman–Crippen LogP) is 27.5. The van der Waals surface area contributed by atoms with Gasteiger partial charge in [-0.1, -0.05) is 255 Å². The molecule has 0 spiro atoms. The second-order valence-corrected chi connectivity index (χ2v) is 28.3. The summed E-state index contributed by atoms with van der Waals surface area (Å²) in [6.45, 7) is 0. The van der Waals surface area contributed by atoms with Gasteiger partial charge < -0.3 is 18.3 Å². The lowest BCUT2D eigenvalue weighted by Gasteiger charge is -2.14. The summed E-state index contributed by atoms with van der Waals surface area (Å²) in [6.07, 6.45) is 0. The van der Waals surface area contributed by atoms with Gasteiger partial charge in [0.25, 0.3) is 0 Å². The van der Waals surface area contributed by atoms with Crippen LogP contribution in [0.3, 0.4) is 0 Å². The van der Waals surface area contributed by atoms with E-state index in [1.807, 2.05) is 0 Å². The second-order valence-electron chi connectivity index (χ2n) is 28.3. The quantitative estimate of drug-likeness (QED) is 0.144. The second kappa shape index (κ2) is 23.8. The summed E-state index contributed by atoms with van der Waals surface area (Å²) in [4.78, 5) is 0. The Balaban J connectivity index is 0.000000132. The van der Waals surface area contributed by atoms with Crippen molar-refractivity contribution in [2.45, 2.75) is 0 Å². The van der Waals surface area contributed by atoms with Crippen LogP contribution in [0.15, 0.2) is 388 Å². The van der Waals surface area contributed by atoms with Crippen LogP contribution >= 0.6 is 0 Å². The smallest absolute Gasteiger partial charge is 0.0541 e. The molecular weight excluding hydrogens is 1280 g/mol. The Bertz CT molecular complexity index is 7340. The van der Waals surface area contributed by atoms with Gasteiger partial charge in [0.1, 0.15) is 0 Å². The van der Waals surface area contributed by atoms with Crippen molar-refractivity contribution in [1.29, 1.82) is 0 Å². The van der Waals surface area contributed by atoms with Crippen molar-refractivity contribution in [2.24, 2.45) is 0 Å². The Morgan fingerprint density at radius 2 is 0.462 bits per heavy atom. The van der Waals surface area contributed by atoms with Gasteiger partial charge in [-0.15, -0.1) is 0 Å². The van der Waals surface area contributed by atoms with Gasteiger partial charge in [0.05, 0.1) is 49.8 Å². The minimum Gasteiger partial charge on any atom is -0.309 e. The third-order valence-electron chi connectivity index (χ3n) is 22.5. The molecule has 0 amide bonds. The molecule has 23 rings (SSSR count). The van der Waals surface area contributed by atoms with Crippen molar-refractivity contribution in [1.82, 2.24) is 18.3 Å². The molecule has 0 bridgehead atoms. The lowest BCUT2D eigenvalue weighted by Crippen LogP contribution is -1.96. The highest BCUT2D eigenvalue weighted by Crippen LogP contribution is 2.50. The number of aromatic nitrogens is 4. The molecular formula is C102H64N4. The molecule has 18 aromatic carbocycles. The molecule has 4 aromatic heterocycles. The fourth-order valence-electron chi connectivity index (χ4n) is 17.6. The molecule has 4 heteroatoms. The fourth-order valence-corrected chi connectivity index (χ4v) is 17.6. The standard InChI is InChI=1S/C52H32N2.C50H32N2/c1-3-12-33(13-4-1)34-22-27-50-45(30-34)46-32-36(35-23-26-49-44(31-35)40-18-9-10-21-47(40)53(49)37-14-5-2-6-15-37)24-28-51(46)54(50)48-29-25-42-39-17-8-7-16-38(39)41-19-11-20-43(48)52(41)42;1-2-12-41(13-3-1)51-47-16-8-6-14-43(47)45-31-39(23-26-49(45)51)40-24-27-50-46(32-40)44-15-7-9-17-48(44)52(50)42-25-22-37-29-36(20-21-38(37)30-42)35-19-18-33-10-4-5-11-34(33)28-35/h1-32H;1-32H. The molecule has 0 saturated carbocycles. The van der Waals surface area contributed by atoms with Gasteiger partial charge in [-0.2, -0.15) is 0 Å². The lowest BCUT2D eigenvalue weighted by molar-refractivity contribution is 1.18. The maximum Gasteiger partial charge on any atom is 0.0541 e. The zero-order valence-electron chi connectivity index (χ0n) is 57.7. The van der Waals surface area contributed by atoms with Crippen LogP contribution in [-0.4, -0.2) is 18.3 Å². The van der Waals surface area contributed by atoms with Gasteiger partial charge in [-0.05, 0) is 227 Å². The van der Waals surface area contributed by atoms with E-state index in [1.165, 1.54) is 209 Å². The SMILES string of the molecule is c1ccc(-c2ccc3c(c2)c2cc(-c4ccc5c(c4)c4ccccc4n5-c4ccccc4)ccc2n3-c2ccc3c4c(cccc24)-c2ccccc2-3)cc1.c1ccc(-n2c3ccccc3c3cc(-c4ccc5c(c4)c4ccccc4n5-c4ccc5cc(-c6ccc7ccccc7c6)ccc5c4)ccc32)cc1. The summed E-state index contributed by atoms with van der Waals surface area (Å²) in [5, 5.41) is 17.7. The Morgan fingerprint density at radius 1 is 0.142 bits per heavy atom. The average molecular weight is 1350 g/mol. The van der Waals surface area contributed by atoms with Gasteiger partial charge in [0.15, 0.2) is 0 Å². The summed E-state index contributed by atoms with van der Waals surface area (Å²) in [7, 11) is 0. The Morgan fingerprint density at radius 3 is 0.972 bits per heavy atom. The fraction of sp³-hybridized carbons (Fsp3) is 0. The largest absolute Gasteiger partial charge is 0.309 e. The highest BCUT2D eigenvalue weighted by atomic mass is 15.0. The van der Waals surface area contributed by atoms with Crippen molar-refractivity contribution in [3.05, 3.63) is 388 Å². The van der Waals surface area contributed by atoms with Crippen LogP contribution in [0.1, 0.15) is 0 Å². The van der Waals surface area contributed by atoms with E-state index in [0.29, 0.717) is 0 Å². The number of para-hydroxylation sites is 5. The van der Waals surface area contributed by atoms with E-state index in [0.717, 1.165) is 0 Å². The average Bonchev–Trinajstić information content (AvgIpc) is 1.57. The van der Waals surface area contributed by atoms with Crippen LogP contribution in [0, 0.1) is 0 Å². The third kappa shape index (κ3) is 9.34. The number of benzene rings is 18. The molecule has 4 heterocycles. The first-order chi connectivity index (χ1) is 52.6. The first-order valence-electron chi connectivity index (χ1n) is 36.6. The van der Waals surface area contributed by atoms with E-state index in [-0.39, 0.29) is 0 Å². The maximum absolute atomic E-state index is 2.49. The number of rotatable bonds is 8. The predicted molar refractivity (Wildman–Crippen MR) is 449 cm³/mol. The molecule has 0 N–H and O–H groups in total. The van der Waals surface area contributed by atoms with E-state index < -0.39 is 0 Å². The number of fused-ring (bicyclic) bond motifs is 17. The van der Waals surface area contributed by atoms with Gasteiger partial charge >= 0.3 is 0 Å². The van der Waals surface area contributed by atoms with E-state index in [9.17, 15) is 0 Å². The number of hydrogen-bond acceptors (Lipinski definition) is 0. The van der Waals surface area contributed by atoms with Crippen molar-refractivity contribution >= 4 is 120 Å². The molecule has 0 unspecified atom stereocenters. The molecule has 492 valence electrons. The molecule has 0 atom stereocenters. The lowest BCUT2D eigenvalue weighted by atomic mass is 9.98. The minimum atomic E-state index is 1.17. The molecule has 0 radical (unpaired) electrons. The van der Waals surface area contributed by atoms with Gasteiger partial charge in [0, 0.05) is 65.5 Å². The molecule has 22 aromatic rings. The van der Waals surface area contributed by atoms with Crippen molar-refractivity contribution in [3.8, 4) is 89.5 Å². The monoisotopic (exact) mass is 1340 g/mol. The molecule has 4 nitrogen and oxygen atoms in total. The van der Waals surface area contributed by atoms with E-state index in [4.69, 9.17) is 0 Å². The number of hydrogen-bond donors (Lipinski definition) is 0. The van der Waals surface area contributed by atoms with Crippen molar-refractivity contribution < 1.29 is 0 Å². The molecule has 1 aliphatic carbocycles. The third-order valence-corrected chi connectivity index (χ3v) is 22.5. The molecule has 106 heavy (non-hydrogen) atoms. The van der Waals surface area contributed by atoms with E-state index >= 15 is 0 Å². The van der Waals surface area contributed by atoms with Crippen LogP contribution in [0.25, 0.3) is 209 Å². The van der Waals surface area contributed by atoms with Gasteiger partial charge in [-0.25, -0.2) is 0 Å². The normalized spacial score (nSPS) is 12.0. The summed E-state index contributed by atoms with van der Waals surface area (Å²) < 4.78 is 9.67. The van der Waals surface area contributed by atoms with Crippen LogP contribution in [0.2, 0.25) is 0 Å². The molecule has 0 aliphatic heterocycles. The summed E-state index contributed by atoms with van der Waals surface area (Å²) in [6, 6.07) is 143. The first-order valence-corrected chi connectivity index (χ1v) is 36.6. The zero-order chi connectivity index (χ0) is 69.5. The van der Waals surface area contributed by atoms with E-state index in [2.05, 4.69) is 407 Å². The zero-order valence-corrected chi connectivity index (χ0v) is 57.7. The Labute approximate surface area is 611 Å². The van der Waals surface area contributed by atoms with Crippen LogP contribution in [0.4, 0.5) is 0 Å². The van der Waals surface area contributed by atoms with Gasteiger partial charge in [0.2, 0.25) is 0 Å². The van der Waals surface area contributed by atoms with Crippen molar-refractivity contribution in [2.75, 3.05) is 0 Å². The Hall–Kier alpha value is -14.1. The highest BCUT2D eigenvalue weighted by Gasteiger charge is 2.25. The van der Waals surface area contributed by atoms with E-state index in [1.54, 1.807) is 0 Å². The summed E-state index contributed by atoms with van der Waals surface area (Å²) in [5.74, 6) is 0. The molecule has 0 saturated heterocycles. The first kappa shape index (κ1) is 59.6. The summed E-state index contributed by atoms with van der Waals surface area (Å²) >= 11 is 0. The Kier molecular flexibility index (Phi) is 13.4. The minimum absolute atomic E-state index is 1.17. The van der Waals surface area contributed by atoms with Crippen LogP contribution < -0.4 is 0 Å². The topological polar surface area (TPSA) is 19.7 Å². The number of nitrogens with zero attached hydrogens (tertiary/aromatic N) is 4. The van der Waals surface area contributed by atoms with Gasteiger partial charge in [-0.3, -0.25) is 0 Å². The van der Waals surface area contributed by atoms with Crippen LogP contribution in [0.5, 0.6) is 0 Å². The maximum atomic E-state index is 2.49. The van der Waals surface area contributed by atoms with Crippen molar-refractivity contribution in [3.63, 3.8) is 0 Å². The molecule has 0 fully saturated rings. The van der Waals surface area contributed by atoms with Crippen LogP contribution in [-0.2, 0) is 0 Å². The summed E-state index contributed by atoms with van der Waals surface area (Å²) in [5.41, 5.74) is 29.5.